The highest BCUT2D eigenvalue weighted by Gasteiger charge is 2.16. The third kappa shape index (κ3) is 3.27. The molecular weight excluding hydrogens is 296 g/mol. The molecule has 0 saturated carbocycles. The van der Waals surface area contributed by atoms with Crippen LogP contribution in [0.5, 0.6) is 5.75 Å². The molecule has 24 heavy (non-hydrogen) atoms. The number of ether oxygens (including phenoxy) is 1. The van der Waals surface area contributed by atoms with Crippen LogP contribution in [0.4, 0.5) is 0 Å². The molecule has 0 N–H and O–H groups in total. The van der Waals surface area contributed by atoms with Crippen LogP contribution in [0, 0.1) is 22.7 Å². The van der Waals surface area contributed by atoms with Gasteiger partial charge in [0.15, 0.2) is 0 Å². The Balaban J connectivity index is 2.00. The first-order valence-electron chi connectivity index (χ1n) is 7.52. The second kappa shape index (κ2) is 7.13. The molecule has 3 nitrogen and oxygen atoms in total. The maximum Gasteiger partial charge on any atom is 0.149 e. The van der Waals surface area contributed by atoms with Gasteiger partial charge < -0.3 is 4.74 Å². The molecule has 0 aromatic heterocycles. The largest absolute Gasteiger partial charge is 0.481 e. The minimum Gasteiger partial charge on any atom is -0.481 e. The molecule has 0 spiro atoms. The van der Waals surface area contributed by atoms with Crippen LogP contribution in [0.15, 0.2) is 78.9 Å². The molecule has 3 heteroatoms. The molecule has 3 rings (SSSR count). The maximum atomic E-state index is 9.19. The molecule has 3 aromatic carbocycles. The monoisotopic (exact) mass is 310 g/mol. The number of hydrogen-bond donors (Lipinski definition) is 0. The number of nitriles is 2. The minimum atomic E-state index is -0.285. The normalized spacial score (nSPS) is 9.96. The average molecular weight is 310 g/mol. The molecule has 0 heterocycles. The zero-order valence-corrected chi connectivity index (χ0v) is 12.9. The van der Waals surface area contributed by atoms with Gasteiger partial charge in [-0.25, -0.2) is 0 Å². The van der Waals surface area contributed by atoms with Gasteiger partial charge in [-0.05, 0) is 29.3 Å². The quantitative estimate of drug-likeness (QED) is 0.707. The highest BCUT2D eigenvalue weighted by molar-refractivity contribution is 5.49. The van der Waals surface area contributed by atoms with Crippen molar-refractivity contribution in [3.63, 3.8) is 0 Å². The van der Waals surface area contributed by atoms with E-state index in [0.717, 1.165) is 11.1 Å². The molecule has 114 valence electrons. The van der Waals surface area contributed by atoms with Crippen LogP contribution < -0.4 is 4.74 Å². The fraction of sp³-hybridized carbons (Fsp3) is 0.0476. The van der Waals surface area contributed by atoms with Crippen molar-refractivity contribution in [2.45, 2.75) is 6.10 Å². The lowest BCUT2D eigenvalue weighted by Gasteiger charge is -2.20. The van der Waals surface area contributed by atoms with Gasteiger partial charge >= 0.3 is 0 Å². The van der Waals surface area contributed by atoms with Crippen LogP contribution >= 0.6 is 0 Å². The van der Waals surface area contributed by atoms with Gasteiger partial charge in [0.2, 0.25) is 0 Å². The van der Waals surface area contributed by atoms with E-state index in [-0.39, 0.29) is 6.10 Å². The number of benzene rings is 3. The fourth-order valence-corrected chi connectivity index (χ4v) is 2.51. The van der Waals surface area contributed by atoms with Crippen LogP contribution in [-0.2, 0) is 0 Å². The highest BCUT2D eigenvalue weighted by Crippen LogP contribution is 2.29. The van der Waals surface area contributed by atoms with Crippen LogP contribution in [0.25, 0.3) is 0 Å². The summed E-state index contributed by atoms with van der Waals surface area (Å²) in [7, 11) is 0. The van der Waals surface area contributed by atoms with E-state index in [1.54, 1.807) is 18.2 Å². The van der Waals surface area contributed by atoms with E-state index in [1.165, 1.54) is 0 Å². The Morgan fingerprint density at radius 2 is 1.21 bits per heavy atom. The molecule has 0 saturated heterocycles. The fourth-order valence-electron chi connectivity index (χ4n) is 2.51. The third-order valence-electron chi connectivity index (χ3n) is 3.69. The summed E-state index contributed by atoms with van der Waals surface area (Å²) in [6.07, 6.45) is -0.285. The van der Waals surface area contributed by atoms with Gasteiger partial charge in [-0.3, -0.25) is 0 Å². The zero-order valence-electron chi connectivity index (χ0n) is 12.9. The van der Waals surface area contributed by atoms with Crippen LogP contribution in [0.2, 0.25) is 0 Å². The summed E-state index contributed by atoms with van der Waals surface area (Å²) >= 11 is 0. The van der Waals surface area contributed by atoms with Gasteiger partial charge in [0, 0.05) is 0 Å². The molecule has 0 aliphatic carbocycles. The summed E-state index contributed by atoms with van der Waals surface area (Å²) in [5.41, 5.74) is 2.70. The number of hydrogen-bond acceptors (Lipinski definition) is 3. The molecule has 0 aliphatic rings. The standard InChI is InChI=1S/C21H14N2O/c22-14-18-11-12-20(13-19(18)15-23)24-21(16-7-3-1-4-8-16)17-9-5-2-6-10-17/h1-13,21H. The number of rotatable bonds is 4. The maximum absolute atomic E-state index is 9.19. The van der Waals surface area contributed by atoms with Crippen molar-refractivity contribution in [3.8, 4) is 17.9 Å². The van der Waals surface area contributed by atoms with Crippen molar-refractivity contribution in [1.29, 1.82) is 10.5 Å². The second-order valence-corrected chi connectivity index (χ2v) is 5.25. The molecule has 0 bridgehead atoms. The van der Waals surface area contributed by atoms with Crippen molar-refractivity contribution in [2.24, 2.45) is 0 Å². The predicted octanol–water partition coefficient (Wildman–Crippen LogP) is 4.60. The molecule has 3 aromatic rings. The van der Waals surface area contributed by atoms with Crippen molar-refractivity contribution < 1.29 is 4.74 Å². The summed E-state index contributed by atoms with van der Waals surface area (Å²) in [6.45, 7) is 0. The Morgan fingerprint density at radius 1 is 0.667 bits per heavy atom. The van der Waals surface area contributed by atoms with Gasteiger partial charge in [0.1, 0.15) is 24.0 Å². The van der Waals surface area contributed by atoms with E-state index in [2.05, 4.69) is 0 Å². The summed E-state index contributed by atoms with van der Waals surface area (Å²) in [5, 5.41) is 18.2. The summed E-state index contributed by atoms with van der Waals surface area (Å²) in [6, 6.07) is 28.8. The van der Waals surface area contributed by atoms with Crippen molar-refractivity contribution >= 4 is 0 Å². The van der Waals surface area contributed by atoms with E-state index in [4.69, 9.17) is 10.00 Å². The summed E-state index contributed by atoms with van der Waals surface area (Å²) < 4.78 is 6.17. The Bertz CT molecular complexity index is 867. The van der Waals surface area contributed by atoms with E-state index in [1.807, 2.05) is 72.8 Å². The topological polar surface area (TPSA) is 56.8 Å². The molecule has 0 radical (unpaired) electrons. The van der Waals surface area contributed by atoms with Gasteiger partial charge in [-0.1, -0.05) is 60.7 Å². The van der Waals surface area contributed by atoms with Crippen molar-refractivity contribution in [1.82, 2.24) is 0 Å². The molecule has 0 fully saturated rings. The van der Waals surface area contributed by atoms with E-state index < -0.39 is 0 Å². The van der Waals surface area contributed by atoms with Gasteiger partial charge in [0.05, 0.1) is 11.1 Å². The van der Waals surface area contributed by atoms with E-state index in [0.29, 0.717) is 16.9 Å². The minimum absolute atomic E-state index is 0.285. The van der Waals surface area contributed by atoms with E-state index >= 15 is 0 Å². The van der Waals surface area contributed by atoms with Crippen LogP contribution in [0.3, 0.4) is 0 Å². The second-order valence-electron chi connectivity index (χ2n) is 5.25. The summed E-state index contributed by atoms with van der Waals surface area (Å²) in [4.78, 5) is 0. The molecular formula is C21H14N2O. The Kier molecular flexibility index (Phi) is 4.56. The SMILES string of the molecule is N#Cc1ccc(OC(c2ccccc2)c2ccccc2)cc1C#N. The van der Waals surface area contributed by atoms with Crippen molar-refractivity contribution in [2.75, 3.05) is 0 Å². The van der Waals surface area contributed by atoms with Gasteiger partial charge in [-0.15, -0.1) is 0 Å². The Labute approximate surface area is 141 Å². The van der Waals surface area contributed by atoms with Crippen LogP contribution in [-0.4, -0.2) is 0 Å². The Morgan fingerprint density at radius 3 is 1.71 bits per heavy atom. The lowest BCUT2D eigenvalue weighted by atomic mass is 10.0. The smallest absolute Gasteiger partial charge is 0.149 e. The molecule has 0 aliphatic heterocycles. The lowest BCUT2D eigenvalue weighted by molar-refractivity contribution is 0.247. The van der Waals surface area contributed by atoms with Crippen molar-refractivity contribution in [3.05, 3.63) is 101 Å². The lowest BCUT2D eigenvalue weighted by Crippen LogP contribution is -2.09. The Hall–Kier alpha value is -3.56. The third-order valence-corrected chi connectivity index (χ3v) is 3.69. The van der Waals surface area contributed by atoms with Crippen LogP contribution in [0.1, 0.15) is 28.4 Å². The molecule has 0 amide bonds. The zero-order chi connectivity index (χ0) is 16.8. The predicted molar refractivity (Wildman–Crippen MR) is 91.2 cm³/mol. The van der Waals surface area contributed by atoms with Gasteiger partial charge in [-0.2, -0.15) is 10.5 Å². The highest BCUT2D eigenvalue weighted by atomic mass is 16.5. The molecule has 0 unspecified atom stereocenters. The first-order chi connectivity index (χ1) is 11.8. The first kappa shape index (κ1) is 15.3. The average Bonchev–Trinajstić information content (AvgIpc) is 2.67. The van der Waals surface area contributed by atoms with E-state index in [9.17, 15) is 5.26 Å². The number of nitrogens with zero attached hydrogens (tertiary/aromatic N) is 2. The van der Waals surface area contributed by atoms with Gasteiger partial charge in [0.25, 0.3) is 0 Å². The first-order valence-corrected chi connectivity index (χ1v) is 7.52. The summed E-state index contributed by atoms with van der Waals surface area (Å²) in [5.74, 6) is 0.559. The molecule has 0 atom stereocenters.